The standard InChI is InChI=1S/C16H13BrClF3N2O/c17-11-3-1-10(2-4-11)7-8-22-15(24)23-14-6-5-12(18)9-13(14)16(19,20)21/h1-6,9H,7-8H2,(H2,22,23,24). The first-order valence-corrected chi connectivity index (χ1v) is 8.09. The van der Waals surface area contributed by atoms with Crippen molar-refractivity contribution in [3.05, 3.63) is 63.1 Å². The van der Waals surface area contributed by atoms with Crippen LogP contribution in [-0.4, -0.2) is 12.6 Å². The van der Waals surface area contributed by atoms with E-state index >= 15 is 0 Å². The Morgan fingerprint density at radius 2 is 1.79 bits per heavy atom. The molecule has 0 heterocycles. The highest BCUT2D eigenvalue weighted by atomic mass is 79.9. The first-order valence-electron chi connectivity index (χ1n) is 6.92. The fourth-order valence-corrected chi connectivity index (χ4v) is 2.43. The topological polar surface area (TPSA) is 41.1 Å². The third-order valence-corrected chi connectivity index (χ3v) is 3.91. The predicted octanol–water partition coefficient (Wildman–Crippen LogP) is 5.49. The van der Waals surface area contributed by atoms with Gasteiger partial charge in [-0.05, 0) is 42.3 Å². The number of alkyl halides is 3. The molecule has 0 atom stereocenters. The smallest absolute Gasteiger partial charge is 0.338 e. The van der Waals surface area contributed by atoms with Crippen molar-refractivity contribution < 1.29 is 18.0 Å². The molecule has 0 aliphatic rings. The van der Waals surface area contributed by atoms with Crippen molar-refractivity contribution in [2.75, 3.05) is 11.9 Å². The molecule has 0 spiro atoms. The third kappa shape index (κ3) is 5.42. The molecular weight excluding hydrogens is 409 g/mol. The summed E-state index contributed by atoms with van der Waals surface area (Å²) in [6.07, 6.45) is -4.04. The van der Waals surface area contributed by atoms with E-state index in [0.717, 1.165) is 22.2 Å². The number of carbonyl (C=O) groups is 1. The van der Waals surface area contributed by atoms with Gasteiger partial charge in [-0.2, -0.15) is 13.2 Å². The molecule has 0 fully saturated rings. The molecule has 0 aliphatic carbocycles. The van der Waals surface area contributed by atoms with Crippen LogP contribution < -0.4 is 10.6 Å². The summed E-state index contributed by atoms with van der Waals surface area (Å²) in [6, 6.07) is 10.0. The van der Waals surface area contributed by atoms with Crippen LogP contribution in [0.4, 0.5) is 23.7 Å². The van der Waals surface area contributed by atoms with E-state index in [1.54, 1.807) is 0 Å². The van der Waals surface area contributed by atoms with Crippen molar-refractivity contribution in [1.29, 1.82) is 0 Å². The molecule has 3 nitrogen and oxygen atoms in total. The van der Waals surface area contributed by atoms with Gasteiger partial charge in [-0.1, -0.05) is 39.7 Å². The fraction of sp³-hybridized carbons (Fsp3) is 0.188. The first-order chi connectivity index (χ1) is 11.3. The molecule has 0 bridgehead atoms. The average molecular weight is 422 g/mol. The largest absolute Gasteiger partial charge is 0.418 e. The molecule has 0 aliphatic heterocycles. The van der Waals surface area contributed by atoms with Gasteiger partial charge >= 0.3 is 12.2 Å². The molecular formula is C16H13BrClF3N2O. The zero-order chi connectivity index (χ0) is 17.7. The van der Waals surface area contributed by atoms with Gasteiger partial charge in [0.15, 0.2) is 0 Å². The van der Waals surface area contributed by atoms with E-state index in [9.17, 15) is 18.0 Å². The molecule has 2 rings (SSSR count). The second-order valence-corrected chi connectivity index (χ2v) is 6.30. The SMILES string of the molecule is O=C(NCCc1ccc(Br)cc1)Nc1ccc(Cl)cc1C(F)(F)F. The van der Waals surface area contributed by atoms with Gasteiger partial charge in [0.25, 0.3) is 0 Å². The number of halogens is 5. The molecule has 0 unspecified atom stereocenters. The molecule has 2 N–H and O–H groups in total. The average Bonchev–Trinajstić information content (AvgIpc) is 2.50. The number of hydrogen-bond donors (Lipinski definition) is 2. The molecule has 0 radical (unpaired) electrons. The Morgan fingerprint density at radius 1 is 1.12 bits per heavy atom. The normalized spacial score (nSPS) is 11.2. The van der Waals surface area contributed by atoms with Gasteiger partial charge in [-0.25, -0.2) is 4.79 Å². The molecule has 2 amide bonds. The second kappa shape index (κ2) is 7.90. The van der Waals surface area contributed by atoms with Crippen molar-refractivity contribution in [2.24, 2.45) is 0 Å². The summed E-state index contributed by atoms with van der Waals surface area (Å²) in [4.78, 5) is 11.8. The Hall–Kier alpha value is -1.73. The quantitative estimate of drug-likeness (QED) is 0.674. The summed E-state index contributed by atoms with van der Waals surface area (Å²) in [6.45, 7) is 0.294. The predicted molar refractivity (Wildman–Crippen MR) is 91.3 cm³/mol. The van der Waals surface area contributed by atoms with Crippen molar-refractivity contribution >= 4 is 39.2 Å². The van der Waals surface area contributed by atoms with Crippen LogP contribution in [-0.2, 0) is 12.6 Å². The van der Waals surface area contributed by atoms with Crippen molar-refractivity contribution in [2.45, 2.75) is 12.6 Å². The number of anilines is 1. The van der Waals surface area contributed by atoms with Gasteiger partial charge < -0.3 is 10.6 Å². The minimum atomic E-state index is -4.61. The van der Waals surface area contributed by atoms with Crippen LogP contribution >= 0.6 is 27.5 Å². The lowest BCUT2D eigenvalue weighted by Crippen LogP contribution is -2.31. The number of carbonyl (C=O) groups excluding carboxylic acids is 1. The van der Waals surface area contributed by atoms with E-state index in [-0.39, 0.29) is 10.7 Å². The van der Waals surface area contributed by atoms with Gasteiger partial charge in [-0.3, -0.25) is 0 Å². The molecule has 8 heteroatoms. The Labute approximate surface area is 150 Å². The van der Waals surface area contributed by atoms with E-state index in [1.807, 2.05) is 24.3 Å². The van der Waals surface area contributed by atoms with Gasteiger partial charge in [-0.15, -0.1) is 0 Å². The summed E-state index contributed by atoms with van der Waals surface area (Å²) in [5.41, 5.74) is -0.327. The third-order valence-electron chi connectivity index (χ3n) is 3.15. The molecule has 0 saturated carbocycles. The highest BCUT2D eigenvalue weighted by Gasteiger charge is 2.34. The monoisotopic (exact) mass is 420 g/mol. The van der Waals surface area contributed by atoms with Crippen LogP contribution in [0.25, 0.3) is 0 Å². The summed E-state index contributed by atoms with van der Waals surface area (Å²) >= 11 is 8.91. The number of nitrogens with one attached hydrogen (secondary N) is 2. The van der Waals surface area contributed by atoms with Crippen LogP contribution in [0, 0.1) is 0 Å². The van der Waals surface area contributed by atoms with Crippen LogP contribution in [0.2, 0.25) is 5.02 Å². The summed E-state index contributed by atoms with van der Waals surface area (Å²) < 4.78 is 39.8. The number of rotatable bonds is 4. The molecule has 2 aromatic rings. The Kier molecular flexibility index (Phi) is 6.12. The van der Waals surface area contributed by atoms with Crippen LogP contribution in [0.5, 0.6) is 0 Å². The molecule has 2 aromatic carbocycles. The summed E-state index contributed by atoms with van der Waals surface area (Å²) in [5.74, 6) is 0. The van der Waals surface area contributed by atoms with E-state index in [1.165, 1.54) is 6.07 Å². The zero-order valence-corrected chi connectivity index (χ0v) is 14.6. The van der Waals surface area contributed by atoms with Gasteiger partial charge in [0.05, 0.1) is 11.3 Å². The van der Waals surface area contributed by atoms with Crippen molar-refractivity contribution in [3.8, 4) is 0 Å². The lowest BCUT2D eigenvalue weighted by atomic mass is 10.1. The van der Waals surface area contributed by atoms with Crippen molar-refractivity contribution in [3.63, 3.8) is 0 Å². The highest BCUT2D eigenvalue weighted by Crippen LogP contribution is 2.36. The number of urea groups is 1. The van der Waals surface area contributed by atoms with Crippen molar-refractivity contribution in [1.82, 2.24) is 5.32 Å². The Balaban J connectivity index is 1.94. The number of hydrogen-bond acceptors (Lipinski definition) is 1. The number of amides is 2. The zero-order valence-electron chi connectivity index (χ0n) is 12.3. The second-order valence-electron chi connectivity index (χ2n) is 4.95. The van der Waals surface area contributed by atoms with E-state index in [2.05, 4.69) is 26.6 Å². The molecule has 0 saturated heterocycles. The van der Waals surface area contributed by atoms with E-state index < -0.39 is 17.8 Å². The molecule has 0 aromatic heterocycles. The lowest BCUT2D eigenvalue weighted by molar-refractivity contribution is -0.136. The molecule has 24 heavy (non-hydrogen) atoms. The maximum absolute atomic E-state index is 13.0. The fourth-order valence-electron chi connectivity index (χ4n) is 2.00. The van der Waals surface area contributed by atoms with E-state index in [4.69, 9.17) is 11.6 Å². The Morgan fingerprint density at radius 3 is 2.42 bits per heavy atom. The maximum Gasteiger partial charge on any atom is 0.418 e. The number of benzene rings is 2. The maximum atomic E-state index is 13.0. The minimum absolute atomic E-state index is 0.0523. The summed E-state index contributed by atoms with van der Waals surface area (Å²) in [5, 5.41) is 4.68. The molecule has 128 valence electrons. The van der Waals surface area contributed by atoms with Crippen LogP contribution in [0.1, 0.15) is 11.1 Å². The van der Waals surface area contributed by atoms with Crippen LogP contribution in [0.15, 0.2) is 46.9 Å². The first kappa shape index (κ1) is 18.6. The van der Waals surface area contributed by atoms with E-state index in [0.29, 0.717) is 13.0 Å². The minimum Gasteiger partial charge on any atom is -0.338 e. The summed E-state index contributed by atoms with van der Waals surface area (Å²) in [7, 11) is 0. The van der Waals surface area contributed by atoms with Gasteiger partial charge in [0, 0.05) is 16.0 Å². The Bertz CT molecular complexity index is 720. The highest BCUT2D eigenvalue weighted by molar-refractivity contribution is 9.10. The van der Waals surface area contributed by atoms with Gasteiger partial charge in [0.2, 0.25) is 0 Å². The lowest BCUT2D eigenvalue weighted by Gasteiger charge is -2.14. The van der Waals surface area contributed by atoms with Crippen LogP contribution in [0.3, 0.4) is 0 Å². The van der Waals surface area contributed by atoms with Gasteiger partial charge in [0.1, 0.15) is 0 Å².